The minimum absolute atomic E-state index is 0.123. The first-order valence-corrected chi connectivity index (χ1v) is 9.25. The highest BCUT2D eigenvalue weighted by atomic mass is 16.7. The summed E-state index contributed by atoms with van der Waals surface area (Å²) in [6, 6.07) is 4.77. The first kappa shape index (κ1) is 19.0. The average Bonchev–Trinajstić information content (AvgIpc) is 3.11. The summed E-state index contributed by atoms with van der Waals surface area (Å²) in [5.41, 5.74) is 0.351. The Kier molecular flexibility index (Phi) is 6.51. The molecule has 0 aromatic heterocycles. The van der Waals surface area contributed by atoms with Crippen molar-refractivity contribution < 1.29 is 28.6 Å². The highest BCUT2D eigenvalue weighted by Gasteiger charge is 2.18. The molecule has 0 saturated carbocycles. The summed E-state index contributed by atoms with van der Waals surface area (Å²) in [4.78, 5) is 37.9. The number of rotatable bonds is 5. The fraction of sp³-hybridized carbons (Fsp3) is 0.526. The number of amides is 2. The van der Waals surface area contributed by atoms with Gasteiger partial charge in [-0.25, -0.2) is 0 Å². The van der Waals surface area contributed by atoms with E-state index in [0.717, 1.165) is 25.7 Å². The smallest absolute Gasteiger partial charge is 0.325 e. The molecule has 0 unspecified atom stereocenters. The van der Waals surface area contributed by atoms with E-state index in [0.29, 0.717) is 30.2 Å². The third-order valence-electron chi connectivity index (χ3n) is 4.59. The van der Waals surface area contributed by atoms with Crippen molar-refractivity contribution in [3.05, 3.63) is 23.8 Å². The van der Waals surface area contributed by atoms with Crippen molar-refractivity contribution in [1.29, 1.82) is 0 Å². The number of carbonyl (C=O) groups excluding carboxylic acids is 3. The van der Waals surface area contributed by atoms with Crippen LogP contribution in [0.25, 0.3) is 0 Å². The zero-order chi connectivity index (χ0) is 19.1. The van der Waals surface area contributed by atoms with E-state index in [2.05, 4.69) is 5.32 Å². The number of ether oxygens (including phenoxy) is 3. The third-order valence-corrected chi connectivity index (χ3v) is 4.59. The fourth-order valence-corrected chi connectivity index (χ4v) is 3.07. The van der Waals surface area contributed by atoms with Gasteiger partial charge in [-0.1, -0.05) is 19.3 Å². The quantitative estimate of drug-likeness (QED) is 0.783. The first-order valence-electron chi connectivity index (χ1n) is 9.25. The topological polar surface area (TPSA) is 94.2 Å². The zero-order valence-electron chi connectivity index (χ0n) is 15.2. The molecule has 0 aliphatic carbocycles. The van der Waals surface area contributed by atoms with E-state index < -0.39 is 11.9 Å². The molecule has 0 spiro atoms. The first-order chi connectivity index (χ1) is 13.1. The molecule has 0 atom stereocenters. The van der Waals surface area contributed by atoms with Gasteiger partial charge in [0.1, 0.15) is 6.54 Å². The van der Waals surface area contributed by atoms with Crippen molar-refractivity contribution in [3.63, 3.8) is 0 Å². The molecule has 1 saturated heterocycles. The number of esters is 1. The summed E-state index contributed by atoms with van der Waals surface area (Å²) in [5.74, 6) is -0.199. The molecule has 0 bridgehead atoms. The normalized spacial score (nSPS) is 16.2. The highest BCUT2D eigenvalue weighted by molar-refractivity contribution is 5.96. The number of likely N-dealkylation sites (tertiary alicyclic amines) is 1. The van der Waals surface area contributed by atoms with Crippen LogP contribution >= 0.6 is 0 Å². The number of nitrogens with zero attached hydrogens (tertiary/aromatic N) is 1. The minimum atomic E-state index is -0.649. The summed E-state index contributed by atoms with van der Waals surface area (Å²) in [6.07, 6.45) is 5.40. The van der Waals surface area contributed by atoms with Crippen molar-refractivity contribution in [2.45, 2.75) is 32.1 Å². The number of fused-ring (bicyclic) bond motifs is 1. The summed E-state index contributed by atoms with van der Waals surface area (Å²) in [5, 5.41) is 2.48. The van der Waals surface area contributed by atoms with Crippen LogP contribution in [0.15, 0.2) is 18.2 Å². The predicted molar refractivity (Wildman–Crippen MR) is 95.5 cm³/mol. The van der Waals surface area contributed by atoms with Gasteiger partial charge < -0.3 is 24.4 Å². The molecular weight excluding hydrogens is 352 g/mol. The second-order valence-electron chi connectivity index (χ2n) is 6.56. The summed E-state index contributed by atoms with van der Waals surface area (Å²) < 4.78 is 15.4. The third kappa shape index (κ3) is 5.35. The van der Waals surface area contributed by atoms with Gasteiger partial charge in [-0.05, 0) is 31.0 Å². The van der Waals surface area contributed by atoms with E-state index in [4.69, 9.17) is 14.2 Å². The highest BCUT2D eigenvalue weighted by Crippen LogP contribution is 2.32. The van der Waals surface area contributed by atoms with Gasteiger partial charge in [0, 0.05) is 18.7 Å². The number of carbonyl (C=O) groups is 3. The van der Waals surface area contributed by atoms with Gasteiger partial charge >= 0.3 is 5.97 Å². The Morgan fingerprint density at radius 2 is 1.70 bits per heavy atom. The molecule has 27 heavy (non-hydrogen) atoms. The molecule has 2 heterocycles. The van der Waals surface area contributed by atoms with Crippen molar-refractivity contribution in [2.24, 2.45) is 0 Å². The van der Waals surface area contributed by atoms with E-state index in [1.807, 2.05) is 0 Å². The molecule has 0 radical (unpaired) electrons. The van der Waals surface area contributed by atoms with Crippen LogP contribution in [0.5, 0.6) is 11.5 Å². The lowest BCUT2D eigenvalue weighted by Gasteiger charge is -2.24. The Balaban J connectivity index is 1.40. The van der Waals surface area contributed by atoms with Crippen LogP contribution in [0.3, 0.4) is 0 Å². The van der Waals surface area contributed by atoms with Crippen LogP contribution in [0.1, 0.15) is 42.5 Å². The maximum atomic E-state index is 12.2. The van der Waals surface area contributed by atoms with Crippen LogP contribution in [-0.4, -0.2) is 55.7 Å². The van der Waals surface area contributed by atoms with E-state index in [9.17, 15) is 14.4 Å². The lowest BCUT2D eigenvalue weighted by Crippen LogP contribution is -2.38. The summed E-state index contributed by atoms with van der Waals surface area (Å²) >= 11 is 0. The Morgan fingerprint density at radius 1 is 1.00 bits per heavy atom. The largest absolute Gasteiger partial charge is 0.454 e. The lowest BCUT2D eigenvalue weighted by molar-refractivity contribution is -0.151. The molecule has 2 aliphatic heterocycles. The second kappa shape index (κ2) is 9.25. The minimum Gasteiger partial charge on any atom is -0.454 e. The summed E-state index contributed by atoms with van der Waals surface area (Å²) in [7, 11) is 0. The average molecular weight is 376 g/mol. The van der Waals surface area contributed by atoms with Gasteiger partial charge in [0.2, 0.25) is 6.79 Å². The number of hydrogen-bond donors (Lipinski definition) is 1. The zero-order valence-corrected chi connectivity index (χ0v) is 15.2. The SMILES string of the molecule is O=C(CNC(=O)c1ccc2c(c1)OCO2)OCC(=O)N1CCCCCCC1. The van der Waals surface area contributed by atoms with Crippen molar-refractivity contribution in [3.8, 4) is 11.5 Å². The van der Waals surface area contributed by atoms with Crippen LogP contribution in [0.4, 0.5) is 0 Å². The second-order valence-corrected chi connectivity index (χ2v) is 6.56. The molecule has 2 amide bonds. The maximum Gasteiger partial charge on any atom is 0.325 e. The van der Waals surface area contributed by atoms with Crippen molar-refractivity contribution in [1.82, 2.24) is 10.2 Å². The Labute approximate surface area is 157 Å². The van der Waals surface area contributed by atoms with Gasteiger partial charge in [0.15, 0.2) is 18.1 Å². The van der Waals surface area contributed by atoms with E-state index in [1.54, 1.807) is 23.1 Å². The van der Waals surface area contributed by atoms with E-state index >= 15 is 0 Å². The molecule has 1 N–H and O–H groups in total. The van der Waals surface area contributed by atoms with Gasteiger partial charge in [-0.2, -0.15) is 0 Å². The van der Waals surface area contributed by atoms with Gasteiger partial charge in [0.05, 0.1) is 0 Å². The molecule has 2 aliphatic rings. The maximum absolute atomic E-state index is 12.2. The van der Waals surface area contributed by atoms with Gasteiger partial charge in [0.25, 0.3) is 11.8 Å². The Hall–Kier alpha value is -2.77. The summed E-state index contributed by atoms with van der Waals surface area (Å²) in [6.45, 7) is 0.936. The molecule has 1 aromatic carbocycles. The molecule has 8 nitrogen and oxygen atoms in total. The molecule has 146 valence electrons. The molecular formula is C19H24N2O6. The number of nitrogens with one attached hydrogen (secondary N) is 1. The van der Waals surface area contributed by atoms with Crippen LogP contribution in [0, 0.1) is 0 Å². The van der Waals surface area contributed by atoms with Gasteiger partial charge in [-0.3, -0.25) is 14.4 Å². The van der Waals surface area contributed by atoms with Crippen LogP contribution in [-0.2, 0) is 14.3 Å². The molecule has 1 fully saturated rings. The van der Waals surface area contributed by atoms with Crippen LogP contribution < -0.4 is 14.8 Å². The lowest BCUT2D eigenvalue weighted by atomic mass is 10.1. The molecule has 1 aromatic rings. The van der Waals surface area contributed by atoms with Crippen LogP contribution in [0.2, 0.25) is 0 Å². The van der Waals surface area contributed by atoms with Crippen molar-refractivity contribution in [2.75, 3.05) is 33.0 Å². The number of hydrogen-bond acceptors (Lipinski definition) is 6. The Morgan fingerprint density at radius 3 is 2.48 bits per heavy atom. The number of benzene rings is 1. The monoisotopic (exact) mass is 376 g/mol. The van der Waals surface area contributed by atoms with E-state index in [-0.39, 0.29) is 25.9 Å². The Bertz CT molecular complexity index is 697. The van der Waals surface area contributed by atoms with Gasteiger partial charge in [-0.15, -0.1) is 0 Å². The van der Waals surface area contributed by atoms with E-state index in [1.165, 1.54) is 6.42 Å². The fourth-order valence-electron chi connectivity index (χ4n) is 3.07. The molecule has 8 heteroatoms. The standard InChI is InChI=1S/C19H24N2O6/c22-17(21-8-4-2-1-3-5-9-21)12-25-18(23)11-20-19(24)14-6-7-15-16(10-14)27-13-26-15/h6-7,10H,1-5,8-9,11-13H2,(H,20,24). The van der Waals surface area contributed by atoms with Crippen molar-refractivity contribution >= 4 is 17.8 Å². The molecule has 3 rings (SSSR count). The predicted octanol–water partition coefficient (Wildman–Crippen LogP) is 1.48.